The molecule has 1 saturated heterocycles. The normalized spacial score (nSPS) is 16.0. The first-order chi connectivity index (χ1) is 14.1. The van der Waals surface area contributed by atoms with Crippen molar-refractivity contribution in [3.05, 3.63) is 35.4 Å². The smallest absolute Gasteiger partial charge is 0.356 e. The highest BCUT2D eigenvalue weighted by Crippen LogP contribution is 2.29. The zero-order valence-electron chi connectivity index (χ0n) is 18.6. The summed E-state index contributed by atoms with van der Waals surface area (Å²) in [6, 6.07) is 5.50. The summed E-state index contributed by atoms with van der Waals surface area (Å²) in [5, 5.41) is 6.12. The number of hydrogen-bond acceptors (Lipinski definition) is 3. The van der Waals surface area contributed by atoms with Gasteiger partial charge in [-0.15, -0.1) is 24.0 Å². The van der Waals surface area contributed by atoms with E-state index < -0.39 is 17.2 Å². The van der Waals surface area contributed by atoms with Gasteiger partial charge in [0.1, 0.15) is 0 Å². The summed E-state index contributed by atoms with van der Waals surface area (Å²) in [6.45, 7) is 10.0. The molecule has 0 unspecified atom stereocenters. The molecule has 1 aromatic carbocycles. The number of benzene rings is 1. The molecule has 31 heavy (non-hydrogen) atoms. The summed E-state index contributed by atoms with van der Waals surface area (Å²) in [7, 11) is 1.70. The molecule has 2 N–H and O–H groups in total. The quantitative estimate of drug-likeness (QED) is 0.322. The van der Waals surface area contributed by atoms with Crippen molar-refractivity contribution in [3.8, 4) is 0 Å². The van der Waals surface area contributed by atoms with Gasteiger partial charge in [-0.1, -0.05) is 18.2 Å². The fourth-order valence-electron chi connectivity index (χ4n) is 3.33. The van der Waals surface area contributed by atoms with Crippen LogP contribution in [0.4, 0.5) is 13.2 Å². The lowest BCUT2D eigenvalue weighted by atomic mass is 9.92. The Morgan fingerprint density at radius 3 is 2.32 bits per heavy atom. The topological polar surface area (TPSA) is 60.0 Å². The van der Waals surface area contributed by atoms with Gasteiger partial charge in [0.25, 0.3) is 0 Å². The molecule has 1 fully saturated rings. The minimum atomic E-state index is -4.32. The van der Waals surface area contributed by atoms with Gasteiger partial charge >= 0.3 is 6.18 Å². The SMILES string of the molecule is CCNC(=O)C(C)(C)CNC(=NC)N1CCN(Cc2cccc(C(F)(F)F)c2)CC1.I. The van der Waals surface area contributed by atoms with Crippen LogP contribution in [0.15, 0.2) is 29.3 Å². The standard InChI is InChI=1S/C21H32F3N5O.HI/c1-5-26-18(30)20(2,3)15-27-19(25-4)29-11-9-28(10-12-29)14-16-7-6-8-17(13-16)21(22,23)24;/h6-8,13H,5,9-12,14-15H2,1-4H3,(H,25,27)(H,26,30);1H. The minimum absolute atomic E-state index is 0. The lowest BCUT2D eigenvalue weighted by molar-refractivity contribution is -0.137. The van der Waals surface area contributed by atoms with Gasteiger partial charge in [-0.2, -0.15) is 13.2 Å². The Balaban J connectivity index is 0.00000480. The summed E-state index contributed by atoms with van der Waals surface area (Å²) in [5.74, 6) is 0.713. The number of guanidine groups is 1. The van der Waals surface area contributed by atoms with Crippen LogP contribution in [0.25, 0.3) is 0 Å². The van der Waals surface area contributed by atoms with Crippen LogP contribution >= 0.6 is 24.0 Å². The maximum atomic E-state index is 12.9. The van der Waals surface area contributed by atoms with Crippen LogP contribution in [-0.4, -0.2) is 68.0 Å². The highest BCUT2D eigenvalue weighted by atomic mass is 127. The molecule has 2 rings (SSSR count). The number of nitrogens with one attached hydrogen (secondary N) is 2. The lowest BCUT2D eigenvalue weighted by Crippen LogP contribution is -2.54. The van der Waals surface area contributed by atoms with Crippen molar-refractivity contribution >= 4 is 35.8 Å². The summed E-state index contributed by atoms with van der Waals surface area (Å²) in [4.78, 5) is 20.7. The molecule has 10 heteroatoms. The van der Waals surface area contributed by atoms with Gasteiger partial charge in [0.2, 0.25) is 5.91 Å². The first-order valence-corrected chi connectivity index (χ1v) is 10.2. The molecule has 6 nitrogen and oxygen atoms in total. The second-order valence-electron chi connectivity index (χ2n) is 8.11. The third kappa shape index (κ3) is 8.13. The number of aliphatic imine (C=N–C) groups is 1. The molecule has 1 aliphatic rings. The Morgan fingerprint density at radius 2 is 1.77 bits per heavy atom. The molecule has 1 aromatic rings. The van der Waals surface area contributed by atoms with Crippen molar-refractivity contribution < 1.29 is 18.0 Å². The average Bonchev–Trinajstić information content (AvgIpc) is 2.69. The summed E-state index contributed by atoms with van der Waals surface area (Å²) in [5.41, 5.74) is -0.528. The van der Waals surface area contributed by atoms with Crippen molar-refractivity contribution in [1.29, 1.82) is 0 Å². The molecule has 0 radical (unpaired) electrons. The van der Waals surface area contributed by atoms with E-state index in [4.69, 9.17) is 0 Å². The van der Waals surface area contributed by atoms with Crippen molar-refractivity contribution in [2.45, 2.75) is 33.5 Å². The molecular formula is C21H33F3IN5O. The van der Waals surface area contributed by atoms with Crippen molar-refractivity contribution in [2.75, 3.05) is 46.3 Å². The molecule has 0 atom stereocenters. The number of amides is 1. The maximum absolute atomic E-state index is 12.9. The Kier molecular flexibility index (Phi) is 10.5. The minimum Gasteiger partial charge on any atom is -0.356 e. The molecule has 176 valence electrons. The zero-order valence-corrected chi connectivity index (χ0v) is 20.9. The Hall–Kier alpha value is -1.56. The molecule has 0 bridgehead atoms. The lowest BCUT2D eigenvalue weighted by Gasteiger charge is -2.37. The van der Waals surface area contributed by atoms with Crippen LogP contribution in [0, 0.1) is 5.41 Å². The summed E-state index contributed by atoms with van der Waals surface area (Å²) < 4.78 is 38.7. The molecule has 0 aromatic heterocycles. The fourth-order valence-corrected chi connectivity index (χ4v) is 3.33. The number of hydrogen-bond donors (Lipinski definition) is 2. The molecular weight excluding hydrogens is 522 g/mol. The van der Waals surface area contributed by atoms with Gasteiger partial charge in [0.15, 0.2) is 5.96 Å². The molecule has 1 heterocycles. The van der Waals surface area contributed by atoms with Gasteiger partial charge in [-0.25, -0.2) is 0 Å². The van der Waals surface area contributed by atoms with Crippen LogP contribution in [-0.2, 0) is 17.5 Å². The van der Waals surface area contributed by atoms with E-state index in [9.17, 15) is 18.0 Å². The van der Waals surface area contributed by atoms with E-state index in [-0.39, 0.29) is 29.9 Å². The van der Waals surface area contributed by atoms with E-state index in [0.29, 0.717) is 38.3 Å². The molecule has 1 amide bonds. The van der Waals surface area contributed by atoms with Crippen molar-refractivity contribution in [3.63, 3.8) is 0 Å². The van der Waals surface area contributed by atoms with Crippen LogP contribution in [0.3, 0.4) is 0 Å². The van der Waals surface area contributed by atoms with Crippen molar-refractivity contribution in [1.82, 2.24) is 20.4 Å². The number of rotatable bonds is 6. The first-order valence-electron chi connectivity index (χ1n) is 10.2. The predicted molar refractivity (Wildman–Crippen MR) is 128 cm³/mol. The number of alkyl halides is 3. The Morgan fingerprint density at radius 1 is 1.13 bits per heavy atom. The second-order valence-corrected chi connectivity index (χ2v) is 8.11. The van der Waals surface area contributed by atoms with Crippen molar-refractivity contribution in [2.24, 2.45) is 10.4 Å². The number of halogens is 4. The first kappa shape index (κ1) is 27.5. The van der Waals surface area contributed by atoms with E-state index in [1.807, 2.05) is 20.8 Å². The zero-order chi connectivity index (χ0) is 22.4. The highest BCUT2D eigenvalue weighted by Gasteiger charge is 2.31. The third-order valence-electron chi connectivity index (χ3n) is 5.18. The Bertz CT molecular complexity index is 747. The summed E-state index contributed by atoms with van der Waals surface area (Å²) in [6.07, 6.45) is -4.32. The molecule has 0 aliphatic carbocycles. The molecule has 0 spiro atoms. The van der Waals surface area contributed by atoms with E-state index in [0.717, 1.165) is 25.1 Å². The van der Waals surface area contributed by atoms with E-state index in [1.54, 1.807) is 13.1 Å². The Labute approximate surface area is 199 Å². The third-order valence-corrected chi connectivity index (χ3v) is 5.18. The van der Waals surface area contributed by atoms with E-state index in [1.165, 1.54) is 12.1 Å². The number of carbonyl (C=O) groups excluding carboxylic acids is 1. The van der Waals surface area contributed by atoms with E-state index >= 15 is 0 Å². The molecule has 1 aliphatic heterocycles. The summed E-state index contributed by atoms with van der Waals surface area (Å²) >= 11 is 0. The second kappa shape index (κ2) is 11.9. The van der Waals surface area contributed by atoms with Crippen LogP contribution in [0.1, 0.15) is 31.9 Å². The largest absolute Gasteiger partial charge is 0.416 e. The van der Waals surface area contributed by atoms with Gasteiger partial charge < -0.3 is 15.5 Å². The predicted octanol–water partition coefficient (Wildman–Crippen LogP) is 3.18. The number of piperazine rings is 1. The fraction of sp³-hybridized carbons (Fsp3) is 0.619. The van der Waals surface area contributed by atoms with E-state index in [2.05, 4.69) is 25.4 Å². The average molecular weight is 555 g/mol. The van der Waals surface area contributed by atoms with Crippen LogP contribution in [0.2, 0.25) is 0 Å². The number of nitrogens with zero attached hydrogens (tertiary/aromatic N) is 3. The monoisotopic (exact) mass is 555 g/mol. The van der Waals surface area contributed by atoms with Gasteiger partial charge in [0.05, 0.1) is 11.0 Å². The van der Waals surface area contributed by atoms with Crippen LogP contribution in [0.5, 0.6) is 0 Å². The highest BCUT2D eigenvalue weighted by molar-refractivity contribution is 14.0. The van der Waals surface area contributed by atoms with Gasteiger partial charge in [0, 0.05) is 52.9 Å². The van der Waals surface area contributed by atoms with Gasteiger partial charge in [-0.05, 0) is 32.4 Å². The van der Waals surface area contributed by atoms with Crippen LogP contribution < -0.4 is 10.6 Å². The number of carbonyl (C=O) groups is 1. The molecule has 0 saturated carbocycles. The van der Waals surface area contributed by atoms with Gasteiger partial charge in [-0.3, -0.25) is 14.7 Å². The maximum Gasteiger partial charge on any atom is 0.416 e.